The number of halogens is 2. The number of carbonyl (C=O) groups excluding carboxylic acids is 2. The number of fused-ring (bicyclic) bond motifs is 1. The molecule has 1 aliphatic carbocycles. The van der Waals surface area contributed by atoms with Gasteiger partial charge in [-0.05, 0) is 67.5 Å². The summed E-state index contributed by atoms with van der Waals surface area (Å²) in [6, 6.07) is 9.42. The Morgan fingerprint density at radius 1 is 1.07 bits per heavy atom. The van der Waals surface area contributed by atoms with E-state index in [1.54, 1.807) is 29.4 Å². The molecule has 0 radical (unpaired) electrons. The van der Waals surface area contributed by atoms with Gasteiger partial charge in [-0.15, -0.1) is 24.8 Å². The molecule has 162 valence electrons. The lowest BCUT2D eigenvalue weighted by atomic mass is 9.86. The van der Waals surface area contributed by atoms with Crippen LogP contribution >= 0.6 is 24.8 Å². The number of piperidine rings is 1. The van der Waals surface area contributed by atoms with Gasteiger partial charge >= 0.3 is 0 Å². The first-order valence-electron chi connectivity index (χ1n) is 10.00. The molecule has 0 spiro atoms. The van der Waals surface area contributed by atoms with Crippen LogP contribution in [0.5, 0.6) is 0 Å². The highest BCUT2D eigenvalue weighted by Gasteiger charge is 2.31. The molecule has 8 heteroatoms. The minimum absolute atomic E-state index is 0. The van der Waals surface area contributed by atoms with Gasteiger partial charge in [0.2, 0.25) is 5.91 Å². The number of likely N-dealkylation sites (tertiary alicyclic amines) is 1. The summed E-state index contributed by atoms with van der Waals surface area (Å²) in [5.74, 6) is -0.154. The van der Waals surface area contributed by atoms with E-state index in [1.165, 1.54) is 11.1 Å². The summed E-state index contributed by atoms with van der Waals surface area (Å²) in [5.41, 5.74) is 9.70. The molecule has 3 N–H and O–H groups in total. The molecule has 2 heterocycles. The van der Waals surface area contributed by atoms with Crippen LogP contribution in [-0.2, 0) is 11.2 Å². The van der Waals surface area contributed by atoms with Crippen LogP contribution in [0.3, 0.4) is 0 Å². The minimum atomic E-state index is -0.168. The van der Waals surface area contributed by atoms with Gasteiger partial charge in [-0.1, -0.05) is 6.07 Å². The fraction of sp³-hybridized carbons (Fsp3) is 0.409. The van der Waals surface area contributed by atoms with Gasteiger partial charge in [0.05, 0.1) is 12.0 Å². The first-order chi connectivity index (χ1) is 13.6. The third kappa shape index (κ3) is 5.24. The van der Waals surface area contributed by atoms with Crippen molar-refractivity contribution in [3.8, 4) is 0 Å². The van der Waals surface area contributed by atoms with Crippen LogP contribution < -0.4 is 11.1 Å². The van der Waals surface area contributed by atoms with Crippen molar-refractivity contribution in [3.63, 3.8) is 0 Å². The zero-order chi connectivity index (χ0) is 19.5. The highest BCUT2D eigenvalue weighted by atomic mass is 35.5. The Morgan fingerprint density at radius 2 is 1.83 bits per heavy atom. The molecule has 2 aliphatic rings. The molecular formula is C22H28Cl2N4O2. The third-order valence-electron chi connectivity index (χ3n) is 5.80. The maximum absolute atomic E-state index is 13.0. The van der Waals surface area contributed by atoms with Crippen LogP contribution in [0.2, 0.25) is 0 Å². The number of rotatable bonds is 3. The summed E-state index contributed by atoms with van der Waals surface area (Å²) in [6.07, 6.45) is 7.88. The minimum Gasteiger partial charge on any atom is -0.399 e. The summed E-state index contributed by atoms with van der Waals surface area (Å²) in [4.78, 5) is 31.4. The topological polar surface area (TPSA) is 88.3 Å². The lowest BCUT2D eigenvalue weighted by Crippen LogP contribution is -2.46. The highest BCUT2D eigenvalue weighted by molar-refractivity contribution is 5.94. The third-order valence-corrected chi connectivity index (χ3v) is 5.80. The Bertz CT molecular complexity index is 879. The van der Waals surface area contributed by atoms with Crippen molar-refractivity contribution in [2.24, 2.45) is 5.92 Å². The van der Waals surface area contributed by atoms with Crippen molar-refractivity contribution in [2.75, 3.05) is 18.8 Å². The second kappa shape index (κ2) is 10.6. The lowest BCUT2D eigenvalue weighted by Gasteiger charge is -2.34. The van der Waals surface area contributed by atoms with Crippen molar-refractivity contribution in [2.45, 2.75) is 38.1 Å². The molecule has 0 bridgehead atoms. The fourth-order valence-electron chi connectivity index (χ4n) is 4.33. The van der Waals surface area contributed by atoms with Crippen LogP contribution in [0, 0.1) is 5.92 Å². The summed E-state index contributed by atoms with van der Waals surface area (Å²) in [6.45, 7) is 1.16. The summed E-state index contributed by atoms with van der Waals surface area (Å²) in [5, 5.41) is 3.24. The molecule has 30 heavy (non-hydrogen) atoms. The van der Waals surface area contributed by atoms with Gasteiger partial charge in [0.25, 0.3) is 5.91 Å². The number of aromatic nitrogens is 1. The monoisotopic (exact) mass is 450 g/mol. The molecular weight excluding hydrogens is 423 g/mol. The first-order valence-corrected chi connectivity index (χ1v) is 10.00. The van der Waals surface area contributed by atoms with Crippen molar-refractivity contribution < 1.29 is 9.59 Å². The Balaban J connectivity index is 0.00000160. The van der Waals surface area contributed by atoms with Crippen LogP contribution in [0.25, 0.3) is 0 Å². The number of benzene rings is 1. The van der Waals surface area contributed by atoms with Gasteiger partial charge in [0.15, 0.2) is 0 Å². The van der Waals surface area contributed by atoms with Gasteiger partial charge in [-0.3, -0.25) is 14.6 Å². The smallest absolute Gasteiger partial charge is 0.253 e. The normalized spacial score (nSPS) is 20.2. The van der Waals surface area contributed by atoms with Crippen molar-refractivity contribution in [3.05, 3.63) is 59.4 Å². The molecule has 1 aliphatic heterocycles. The molecule has 6 nitrogen and oxygen atoms in total. The van der Waals surface area contributed by atoms with Gasteiger partial charge in [0, 0.05) is 36.7 Å². The second-order valence-electron chi connectivity index (χ2n) is 7.74. The predicted molar refractivity (Wildman–Crippen MR) is 122 cm³/mol. The number of aryl methyl sites for hydroxylation is 1. The predicted octanol–water partition coefficient (Wildman–Crippen LogP) is 3.55. The van der Waals surface area contributed by atoms with Gasteiger partial charge < -0.3 is 16.0 Å². The molecule has 2 atom stereocenters. The van der Waals surface area contributed by atoms with E-state index in [0.29, 0.717) is 18.7 Å². The maximum Gasteiger partial charge on any atom is 0.253 e. The number of hydrogen-bond acceptors (Lipinski definition) is 4. The van der Waals surface area contributed by atoms with Crippen molar-refractivity contribution >= 4 is 42.3 Å². The van der Waals surface area contributed by atoms with E-state index in [1.807, 2.05) is 18.2 Å². The van der Waals surface area contributed by atoms with Gasteiger partial charge in [0.1, 0.15) is 0 Å². The van der Waals surface area contributed by atoms with Gasteiger partial charge in [-0.2, -0.15) is 0 Å². The van der Waals surface area contributed by atoms with E-state index >= 15 is 0 Å². The number of pyridine rings is 1. The second-order valence-corrected chi connectivity index (χ2v) is 7.74. The number of hydrogen-bond donors (Lipinski definition) is 2. The van der Waals surface area contributed by atoms with Crippen LogP contribution in [-0.4, -0.2) is 34.8 Å². The Hall–Kier alpha value is -2.31. The molecule has 1 fully saturated rings. The summed E-state index contributed by atoms with van der Waals surface area (Å²) >= 11 is 0. The number of anilines is 1. The van der Waals surface area contributed by atoms with Crippen molar-refractivity contribution in [1.82, 2.24) is 15.2 Å². The zero-order valence-corrected chi connectivity index (χ0v) is 18.4. The molecule has 2 unspecified atom stereocenters. The zero-order valence-electron chi connectivity index (χ0n) is 16.8. The van der Waals surface area contributed by atoms with E-state index in [2.05, 4.69) is 10.3 Å². The lowest BCUT2D eigenvalue weighted by molar-refractivity contribution is -0.127. The average Bonchev–Trinajstić information content (AvgIpc) is 2.74. The molecule has 4 rings (SSSR count). The molecule has 2 aromatic rings. The number of amides is 2. The van der Waals surface area contributed by atoms with Crippen LogP contribution in [0.4, 0.5) is 5.69 Å². The summed E-state index contributed by atoms with van der Waals surface area (Å²) in [7, 11) is 0. The number of nitrogens with one attached hydrogen (secondary N) is 1. The Kier molecular flexibility index (Phi) is 8.50. The van der Waals surface area contributed by atoms with E-state index in [4.69, 9.17) is 5.73 Å². The number of carbonyl (C=O) groups is 2. The molecule has 2 amide bonds. The largest absolute Gasteiger partial charge is 0.399 e. The highest BCUT2D eigenvalue weighted by Crippen LogP contribution is 2.31. The number of nitrogens with two attached hydrogens (primary N) is 1. The maximum atomic E-state index is 13.0. The SMILES string of the molecule is Cl.Cl.Nc1ccc2c(c1)CCCC2NC(=O)C1CCCN(C(=O)c2ccncc2)C1. The van der Waals surface area contributed by atoms with E-state index in [0.717, 1.165) is 37.8 Å². The fourth-order valence-corrected chi connectivity index (χ4v) is 4.33. The molecule has 1 aromatic heterocycles. The Morgan fingerprint density at radius 3 is 2.60 bits per heavy atom. The standard InChI is InChI=1S/C22H26N4O2.2ClH/c23-18-6-7-19-16(13-18)3-1-5-20(19)25-21(27)17-4-2-12-26(14-17)22(28)15-8-10-24-11-9-15;;/h6-11,13,17,20H,1-5,12,14,23H2,(H,25,27);2*1H. The molecule has 0 saturated carbocycles. The number of nitrogen functional groups attached to an aromatic ring is 1. The molecule has 1 aromatic carbocycles. The van der Waals surface area contributed by atoms with Crippen LogP contribution in [0.15, 0.2) is 42.7 Å². The van der Waals surface area contributed by atoms with Crippen LogP contribution in [0.1, 0.15) is 53.2 Å². The molecule has 1 saturated heterocycles. The first kappa shape index (κ1) is 24.0. The Labute approximate surface area is 189 Å². The van der Waals surface area contributed by atoms with E-state index in [9.17, 15) is 9.59 Å². The number of nitrogens with zero attached hydrogens (tertiary/aromatic N) is 2. The summed E-state index contributed by atoms with van der Waals surface area (Å²) < 4.78 is 0. The van der Waals surface area contributed by atoms with E-state index in [-0.39, 0.29) is 48.6 Å². The van der Waals surface area contributed by atoms with Crippen molar-refractivity contribution in [1.29, 1.82) is 0 Å². The van der Waals surface area contributed by atoms with Gasteiger partial charge in [-0.25, -0.2) is 0 Å². The quantitative estimate of drug-likeness (QED) is 0.699. The average molecular weight is 451 g/mol. The van der Waals surface area contributed by atoms with E-state index < -0.39 is 0 Å².